The average molecular weight is 289 g/mol. The Morgan fingerprint density at radius 1 is 1.24 bits per heavy atom. The molecule has 6 heteroatoms. The molecule has 1 atom stereocenters. The van der Waals surface area contributed by atoms with Gasteiger partial charge in [-0.3, -0.25) is 9.59 Å². The second-order valence-corrected chi connectivity index (χ2v) is 4.82. The van der Waals surface area contributed by atoms with E-state index in [1.165, 1.54) is 36.2 Å². The fraction of sp³-hybridized carbons (Fsp3) is 0.267. The Kier molecular flexibility index (Phi) is 4.16. The van der Waals surface area contributed by atoms with Crippen LogP contribution >= 0.6 is 0 Å². The fourth-order valence-corrected chi connectivity index (χ4v) is 1.94. The minimum Gasteiger partial charge on any atom is -0.334 e. The maximum absolute atomic E-state index is 12.9. The van der Waals surface area contributed by atoms with Gasteiger partial charge in [0.25, 0.3) is 11.5 Å². The summed E-state index contributed by atoms with van der Waals surface area (Å²) in [7, 11) is 3.13. The zero-order valence-corrected chi connectivity index (χ0v) is 12.1. The van der Waals surface area contributed by atoms with Gasteiger partial charge in [-0.05, 0) is 30.7 Å². The number of nitrogens with zero attached hydrogens (tertiary/aromatic N) is 3. The number of carbonyl (C=O) groups excluding carboxylic acids is 1. The first-order valence-electron chi connectivity index (χ1n) is 6.47. The molecule has 21 heavy (non-hydrogen) atoms. The van der Waals surface area contributed by atoms with Crippen molar-refractivity contribution in [3.63, 3.8) is 0 Å². The van der Waals surface area contributed by atoms with Crippen LogP contribution in [0.15, 0.2) is 41.2 Å². The molecule has 0 aliphatic carbocycles. The molecular formula is C15H16FN3O2. The highest BCUT2D eigenvalue weighted by Crippen LogP contribution is 2.20. The molecule has 0 saturated heterocycles. The van der Waals surface area contributed by atoms with Gasteiger partial charge in [-0.15, -0.1) is 0 Å². The zero-order chi connectivity index (χ0) is 15.6. The van der Waals surface area contributed by atoms with Gasteiger partial charge in [0.1, 0.15) is 11.5 Å². The third kappa shape index (κ3) is 3.16. The monoisotopic (exact) mass is 289 g/mol. The number of hydrogen-bond acceptors (Lipinski definition) is 3. The van der Waals surface area contributed by atoms with Gasteiger partial charge in [-0.1, -0.05) is 12.1 Å². The second kappa shape index (κ2) is 5.87. The number of carbonyl (C=O) groups is 1. The van der Waals surface area contributed by atoms with Gasteiger partial charge < -0.3 is 4.90 Å². The van der Waals surface area contributed by atoms with E-state index in [-0.39, 0.29) is 29.0 Å². The van der Waals surface area contributed by atoms with Gasteiger partial charge >= 0.3 is 0 Å². The zero-order valence-electron chi connectivity index (χ0n) is 12.1. The number of hydrogen-bond donors (Lipinski definition) is 0. The molecule has 110 valence electrons. The number of halogens is 1. The number of aromatic nitrogens is 2. The van der Waals surface area contributed by atoms with Crippen molar-refractivity contribution < 1.29 is 9.18 Å². The Hall–Kier alpha value is -2.50. The summed E-state index contributed by atoms with van der Waals surface area (Å²) in [5, 5.41) is 3.94. The lowest BCUT2D eigenvalue weighted by Crippen LogP contribution is -2.32. The molecule has 2 aromatic rings. The van der Waals surface area contributed by atoms with Crippen molar-refractivity contribution in [1.82, 2.24) is 14.7 Å². The lowest BCUT2D eigenvalue weighted by molar-refractivity contribution is 0.0734. The van der Waals surface area contributed by atoms with Crippen molar-refractivity contribution in [3.05, 3.63) is 63.8 Å². The molecule has 0 aliphatic rings. The molecule has 1 amide bonds. The summed E-state index contributed by atoms with van der Waals surface area (Å²) in [5.74, 6) is -0.623. The lowest BCUT2D eigenvalue weighted by atomic mass is 10.1. The summed E-state index contributed by atoms with van der Waals surface area (Å²) in [4.78, 5) is 25.2. The number of amides is 1. The topological polar surface area (TPSA) is 55.2 Å². The van der Waals surface area contributed by atoms with Crippen molar-refractivity contribution >= 4 is 5.91 Å². The van der Waals surface area contributed by atoms with E-state index in [1.54, 1.807) is 19.2 Å². The van der Waals surface area contributed by atoms with Crippen LogP contribution in [-0.2, 0) is 7.05 Å². The predicted molar refractivity (Wildman–Crippen MR) is 76.4 cm³/mol. The van der Waals surface area contributed by atoms with Crippen molar-refractivity contribution in [3.8, 4) is 0 Å². The molecule has 1 heterocycles. The molecular weight excluding hydrogens is 273 g/mol. The van der Waals surface area contributed by atoms with E-state index >= 15 is 0 Å². The standard InChI is InChI=1S/C15H16FN3O2/c1-10(11-4-6-12(16)7-5-11)18(2)15(21)13-8-9-14(20)19(3)17-13/h4-10H,1-3H3. The van der Waals surface area contributed by atoms with Gasteiger partial charge in [0.2, 0.25) is 0 Å². The van der Waals surface area contributed by atoms with Crippen LogP contribution in [0.4, 0.5) is 4.39 Å². The fourth-order valence-electron chi connectivity index (χ4n) is 1.94. The highest BCUT2D eigenvalue weighted by atomic mass is 19.1. The van der Waals surface area contributed by atoms with E-state index in [4.69, 9.17) is 0 Å². The smallest absolute Gasteiger partial charge is 0.274 e. The molecule has 1 aromatic heterocycles. The van der Waals surface area contributed by atoms with Crippen molar-refractivity contribution in [2.24, 2.45) is 7.05 Å². The quantitative estimate of drug-likeness (QED) is 0.865. The summed E-state index contributed by atoms with van der Waals surface area (Å²) < 4.78 is 14.0. The van der Waals surface area contributed by atoms with Crippen LogP contribution in [-0.4, -0.2) is 27.6 Å². The van der Waals surface area contributed by atoms with E-state index in [9.17, 15) is 14.0 Å². The van der Waals surface area contributed by atoms with Gasteiger partial charge in [-0.25, -0.2) is 9.07 Å². The molecule has 0 N–H and O–H groups in total. The molecule has 0 spiro atoms. The number of benzene rings is 1. The average Bonchev–Trinajstić information content (AvgIpc) is 2.48. The predicted octanol–water partition coefficient (Wildman–Crippen LogP) is 1.75. The summed E-state index contributed by atoms with van der Waals surface area (Å²) in [6.45, 7) is 1.84. The Labute approximate surface area is 121 Å². The largest absolute Gasteiger partial charge is 0.334 e. The Bertz CT molecular complexity index is 710. The highest BCUT2D eigenvalue weighted by molar-refractivity contribution is 5.92. The Morgan fingerprint density at radius 2 is 1.86 bits per heavy atom. The van der Waals surface area contributed by atoms with Crippen LogP contribution in [0.3, 0.4) is 0 Å². The van der Waals surface area contributed by atoms with Crippen molar-refractivity contribution in [1.29, 1.82) is 0 Å². The van der Waals surface area contributed by atoms with E-state index in [1.807, 2.05) is 6.92 Å². The van der Waals surface area contributed by atoms with E-state index < -0.39 is 0 Å². The first kappa shape index (κ1) is 14.9. The van der Waals surface area contributed by atoms with Crippen molar-refractivity contribution in [2.75, 3.05) is 7.05 Å². The molecule has 1 unspecified atom stereocenters. The summed E-state index contributed by atoms with van der Waals surface area (Å²) in [6, 6.07) is 8.45. The first-order chi connectivity index (χ1) is 9.90. The lowest BCUT2D eigenvalue weighted by Gasteiger charge is -2.25. The minimum atomic E-state index is -0.320. The van der Waals surface area contributed by atoms with Gasteiger partial charge in [0.05, 0.1) is 6.04 Å². The van der Waals surface area contributed by atoms with Crippen LogP contribution in [0.5, 0.6) is 0 Å². The van der Waals surface area contributed by atoms with E-state index in [0.29, 0.717) is 0 Å². The van der Waals surface area contributed by atoms with Crippen LogP contribution in [0.1, 0.15) is 29.0 Å². The minimum absolute atomic E-state index is 0.188. The summed E-state index contributed by atoms with van der Waals surface area (Å²) in [5.41, 5.74) is 0.728. The summed E-state index contributed by atoms with van der Waals surface area (Å²) >= 11 is 0. The normalized spacial score (nSPS) is 12.0. The van der Waals surface area contributed by atoms with Crippen molar-refractivity contribution in [2.45, 2.75) is 13.0 Å². The molecule has 0 aliphatic heterocycles. The molecule has 1 aromatic carbocycles. The SMILES string of the molecule is CC(c1ccc(F)cc1)N(C)C(=O)c1ccc(=O)n(C)n1. The van der Waals surface area contributed by atoms with Crippen LogP contribution in [0.25, 0.3) is 0 Å². The molecule has 0 bridgehead atoms. The van der Waals surface area contributed by atoms with Gasteiger partial charge in [0, 0.05) is 20.2 Å². The summed E-state index contributed by atoms with van der Waals surface area (Å²) in [6.07, 6.45) is 0. The van der Waals surface area contributed by atoms with Crippen LogP contribution < -0.4 is 5.56 Å². The molecule has 2 rings (SSSR count). The second-order valence-electron chi connectivity index (χ2n) is 4.82. The molecule has 0 radical (unpaired) electrons. The van der Waals surface area contributed by atoms with Gasteiger partial charge in [0.15, 0.2) is 0 Å². The third-order valence-electron chi connectivity index (χ3n) is 3.43. The van der Waals surface area contributed by atoms with Crippen LogP contribution in [0, 0.1) is 5.82 Å². The third-order valence-corrected chi connectivity index (χ3v) is 3.43. The van der Waals surface area contributed by atoms with E-state index in [2.05, 4.69) is 5.10 Å². The maximum atomic E-state index is 12.9. The molecule has 0 fully saturated rings. The number of aryl methyl sites for hydroxylation is 1. The maximum Gasteiger partial charge on any atom is 0.274 e. The van der Waals surface area contributed by atoms with E-state index in [0.717, 1.165) is 10.2 Å². The van der Waals surface area contributed by atoms with Gasteiger partial charge in [-0.2, -0.15) is 5.10 Å². The molecule has 0 saturated carbocycles. The van der Waals surface area contributed by atoms with Crippen LogP contribution in [0.2, 0.25) is 0 Å². The first-order valence-corrected chi connectivity index (χ1v) is 6.47. The Morgan fingerprint density at radius 3 is 2.43 bits per heavy atom. The highest BCUT2D eigenvalue weighted by Gasteiger charge is 2.20. The molecule has 5 nitrogen and oxygen atoms in total. The number of rotatable bonds is 3. The Balaban J connectivity index is 2.23.